The van der Waals surface area contributed by atoms with E-state index in [2.05, 4.69) is 31.4 Å². The van der Waals surface area contributed by atoms with E-state index in [1.54, 1.807) is 66.6 Å². The second kappa shape index (κ2) is 17.1. The van der Waals surface area contributed by atoms with Crippen molar-refractivity contribution >= 4 is 29.4 Å². The third-order valence-corrected chi connectivity index (χ3v) is 7.77. The van der Waals surface area contributed by atoms with Crippen LogP contribution in [0, 0.1) is 5.92 Å². The Bertz CT molecular complexity index is 1470. The summed E-state index contributed by atoms with van der Waals surface area (Å²) in [5.41, 5.74) is 1.85. The number of nitrogens with zero attached hydrogens (tertiary/aromatic N) is 2. The number of hydrogen-bond donors (Lipinski definition) is 3. The van der Waals surface area contributed by atoms with Crippen molar-refractivity contribution < 1.29 is 33.7 Å². The number of likely N-dealkylation sites (tertiary alicyclic amines) is 1. The van der Waals surface area contributed by atoms with Gasteiger partial charge in [-0.25, -0.2) is 9.59 Å². The van der Waals surface area contributed by atoms with Crippen LogP contribution in [-0.4, -0.2) is 67.4 Å². The lowest BCUT2D eigenvalue weighted by atomic mass is 10.1. The first-order chi connectivity index (χ1) is 22.7. The number of methoxy groups -OCH3 is 1. The second-order valence-corrected chi connectivity index (χ2v) is 12.0. The van der Waals surface area contributed by atoms with Crippen LogP contribution in [0.3, 0.4) is 0 Å². The molecule has 1 heterocycles. The van der Waals surface area contributed by atoms with Gasteiger partial charge in [-0.15, -0.1) is 0 Å². The fourth-order valence-electron chi connectivity index (χ4n) is 5.26. The molecule has 0 aromatic heterocycles. The van der Waals surface area contributed by atoms with Crippen LogP contribution < -0.4 is 29.7 Å². The lowest BCUT2D eigenvalue weighted by molar-refractivity contribution is 0.0894. The standard InChI is InChI=1S/C36H46N4O7/c1-5-6-7-20-37-35(42)38-27-10-17-32(33(23-27)45-4)47-30-15-11-28(12-16-30)40(24-25(2)3)34(41)26-8-13-29(14-9-26)46-31-18-21-39(22-19-31)36(43)44/h8-17,23,25,31H,5-7,18-22,24H2,1-4H3,(H,43,44)(H2,37,38,42). The molecule has 4 amide bonds. The average molecular weight is 647 g/mol. The van der Waals surface area contributed by atoms with Crippen molar-refractivity contribution in [1.82, 2.24) is 10.2 Å². The number of nitrogens with one attached hydrogen (secondary N) is 2. The van der Waals surface area contributed by atoms with Gasteiger partial charge >= 0.3 is 12.1 Å². The molecule has 0 aliphatic carbocycles. The topological polar surface area (TPSA) is 130 Å². The number of piperidine rings is 1. The lowest BCUT2D eigenvalue weighted by Gasteiger charge is -2.30. The van der Waals surface area contributed by atoms with Gasteiger partial charge in [0.05, 0.1) is 7.11 Å². The molecular weight excluding hydrogens is 600 g/mol. The number of carbonyl (C=O) groups is 3. The molecule has 1 aliphatic rings. The van der Waals surface area contributed by atoms with Gasteiger partial charge < -0.3 is 39.8 Å². The van der Waals surface area contributed by atoms with Gasteiger partial charge in [-0.2, -0.15) is 0 Å². The van der Waals surface area contributed by atoms with E-state index in [-0.39, 0.29) is 24.0 Å². The zero-order chi connectivity index (χ0) is 33.8. The summed E-state index contributed by atoms with van der Waals surface area (Å²) >= 11 is 0. The van der Waals surface area contributed by atoms with Gasteiger partial charge in [0, 0.05) is 62.0 Å². The van der Waals surface area contributed by atoms with Crippen LogP contribution in [0.4, 0.5) is 21.0 Å². The van der Waals surface area contributed by atoms with Crippen LogP contribution in [0.2, 0.25) is 0 Å². The first-order valence-corrected chi connectivity index (χ1v) is 16.2. The highest BCUT2D eigenvalue weighted by atomic mass is 16.5. The summed E-state index contributed by atoms with van der Waals surface area (Å²) in [6.45, 7) is 8.27. The number of anilines is 2. The number of amides is 4. The van der Waals surface area contributed by atoms with Crippen LogP contribution in [0.1, 0.15) is 63.2 Å². The molecule has 0 spiro atoms. The number of carboxylic acid groups (broad SMARTS) is 1. The van der Waals surface area contributed by atoms with Crippen LogP contribution in [0.5, 0.6) is 23.0 Å². The van der Waals surface area contributed by atoms with Crippen molar-refractivity contribution in [1.29, 1.82) is 0 Å². The van der Waals surface area contributed by atoms with Gasteiger partial charge in [0.25, 0.3) is 5.91 Å². The Morgan fingerprint density at radius 2 is 1.62 bits per heavy atom. The normalized spacial score (nSPS) is 13.2. The highest BCUT2D eigenvalue weighted by molar-refractivity contribution is 6.06. The Balaban J connectivity index is 1.38. The molecule has 3 aromatic rings. The van der Waals surface area contributed by atoms with Gasteiger partial charge in [-0.3, -0.25) is 4.79 Å². The van der Waals surface area contributed by atoms with E-state index in [1.807, 2.05) is 12.1 Å². The van der Waals surface area contributed by atoms with Crippen molar-refractivity contribution in [2.75, 3.05) is 43.5 Å². The van der Waals surface area contributed by atoms with E-state index < -0.39 is 6.09 Å². The molecule has 1 fully saturated rings. The fraction of sp³-hybridized carbons (Fsp3) is 0.417. The summed E-state index contributed by atoms with van der Waals surface area (Å²) in [7, 11) is 1.54. The molecule has 11 heteroatoms. The molecule has 47 heavy (non-hydrogen) atoms. The maximum atomic E-state index is 13.7. The van der Waals surface area contributed by atoms with Gasteiger partial charge in [0.15, 0.2) is 11.5 Å². The van der Waals surface area contributed by atoms with Crippen molar-refractivity contribution in [3.05, 3.63) is 72.3 Å². The van der Waals surface area contributed by atoms with Crippen LogP contribution >= 0.6 is 0 Å². The van der Waals surface area contributed by atoms with Gasteiger partial charge in [-0.05, 0) is 73.0 Å². The third kappa shape index (κ3) is 10.3. The molecule has 0 radical (unpaired) electrons. The zero-order valence-corrected chi connectivity index (χ0v) is 27.7. The molecule has 1 saturated heterocycles. The summed E-state index contributed by atoms with van der Waals surface area (Å²) in [5, 5.41) is 14.8. The molecule has 252 valence electrons. The fourth-order valence-corrected chi connectivity index (χ4v) is 5.26. The minimum Gasteiger partial charge on any atom is -0.493 e. The number of rotatable bonds is 14. The van der Waals surface area contributed by atoms with E-state index in [0.29, 0.717) is 73.3 Å². The van der Waals surface area contributed by atoms with Gasteiger partial charge in [0.1, 0.15) is 17.6 Å². The highest BCUT2D eigenvalue weighted by Crippen LogP contribution is 2.35. The quantitative estimate of drug-likeness (QED) is 0.154. The van der Waals surface area contributed by atoms with Gasteiger partial charge in [0.2, 0.25) is 0 Å². The van der Waals surface area contributed by atoms with E-state index in [0.717, 1.165) is 24.9 Å². The Kier molecular flexibility index (Phi) is 12.7. The van der Waals surface area contributed by atoms with Gasteiger partial charge in [-0.1, -0.05) is 33.6 Å². The molecule has 0 atom stereocenters. The molecule has 0 saturated carbocycles. The molecule has 11 nitrogen and oxygen atoms in total. The van der Waals surface area contributed by atoms with Crippen molar-refractivity contribution in [3.8, 4) is 23.0 Å². The monoisotopic (exact) mass is 646 g/mol. The Labute approximate surface area is 276 Å². The molecule has 0 unspecified atom stereocenters. The number of urea groups is 1. The SMILES string of the molecule is CCCCCNC(=O)Nc1ccc(Oc2ccc(N(CC(C)C)C(=O)c3ccc(OC4CCN(C(=O)O)CC4)cc3)cc2)c(OC)c1. The minimum atomic E-state index is -0.904. The van der Waals surface area contributed by atoms with Crippen molar-refractivity contribution in [3.63, 3.8) is 0 Å². The minimum absolute atomic E-state index is 0.0634. The molecule has 3 N–H and O–H groups in total. The summed E-state index contributed by atoms with van der Waals surface area (Å²) in [5.74, 6) is 2.26. The summed E-state index contributed by atoms with van der Waals surface area (Å²) < 4.78 is 17.7. The number of unbranched alkanes of at least 4 members (excludes halogenated alkanes) is 2. The zero-order valence-electron chi connectivity index (χ0n) is 27.7. The molecule has 1 aliphatic heterocycles. The molecule has 3 aromatic carbocycles. The highest BCUT2D eigenvalue weighted by Gasteiger charge is 2.24. The first kappa shape index (κ1) is 34.9. The van der Waals surface area contributed by atoms with E-state index in [4.69, 9.17) is 19.3 Å². The number of ether oxygens (including phenoxy) is 3. The number of hydrogen-bond acceptors (Lipinski definition) is 6. The van der Waals surface area contributed by atoms with E-state index >= 15 is 0 Å². The predicted molar refractivity (Wildman–Crippen MR) is 182 cm³/mol. The molecular formula is C36H46N4O7. The smallest absolute Gasteiger partial charge is 0.407 e. The van der Waals surface area contributed by atoms with E-state index in [1.165, 1.54) is 4.90 Å². The van der Waals surface area contributed by atoms with Crippen LogP contribution in [0.15, 0.2) is 66.7 Å². The lowest BCUT2D eigenvalue weighted by Crippen LogP contribution is -2.41. The maximum absolute atomic E-state index is 13.7. The summed E-state index contributed by atoms with van der Waals surface area (Å²) in [6, 6.07) is 19.3. The number of carbonyl (C=O) groups excluding carboxylic acids is 2. The molecule has 4 rings (SSSR count). The van der Waals surface area contributed by atoms with Crippen LogP contribution in [-0.2, 0) is 0 Å². The van der Waals surface area contributed by atoms with E-state index in [9.17, 15) is 14.4 Å². The Hall–Kier alpha value is -4.93. The second-order valence-electron chi connectivity index (χ2n) is 12.0. The average Bonchev–Trinajstić information content (AvgIpc) is 3.07. The largest absolute Gasteiger partial charge is 0.493 e. The Morgan fingerprint density at radius 3 is 2.23 bits per heavy atom. The summed E-state index contributed by atoms with van der Waals surface area (Å²) in [4.78, 5) is 40.2. The summed E-state index contributed by atoms with van der Waals surface area (Å²) in [6.07, 6.45) is 3.38. The van der Waals surface area contributed by atoms with Crippen LogP contribution in [0.25, 0.3) is 0 Å². The van der Waals surface area contributed by atoms with Crippen molar-refractivity contribution in [2.24, 2.45) is 5.92 Å². The maximum Gasteiger partial charge on any atom is 0.407 e. The Morgan fingerprint density at radius 1 is 0.936 bits per heavy atom. The number of benzene rings is 3. The van der Waals surface area contributed by atoms with Crippen molar-refractivity contribution in [2.45, 2.75) is 59.0 Å². The predicted octanol–water partition coefficient (Wildman–Crippen LogP) is 7.62. The third-order valence-electron chi connectivity index (χ3n) is 7.77. The molecule has 0 bridgehead atoms. The first-order valence-electron chi connectivity index (χ1n) is 16.2.